The van der Waals surface area contributed by atoms with E-state index in [0.29, 0.717) is 6.54 Å². The van der Waals surface area contributed by atoms with E-state index in [1.165, 1.54) is 37.0 Å². The van der Waals surface area contributed by atoms with Crippen molar-refractivity contribution in [2.24, 2.45) is 12.0 Å². The van der Waals surface area contributed by atoms with Crippen molar-refractivity contribution in [1.82, 2.24) is 25.0 Å². The predicted molar refractivity (Wildman–Crippen MR) is 118 cm³/mol. The molecule has 0 atom stereocenters. The number of hydrogen-bond acceptors (Lipinski definition) is 4. The summed E-state index contributed by atoms with van der Waals surface area (Å²) in [5.41, 5.74) is 0.244. The molecule has 0 amide bonds. The fraction of sp³-hybridized carbons (Fsp3) is 0.611. The number of aromatic nitrogens is 3. The fourth-order valence-corrected chi connectivity index (χ4v) is 4.69. The second-order valence-electron chi connectivity index (χ2n) is 6.87. The number of nitrogens with one attached hydrogen (secondary N) is 1. The van der Waals surface area contributed by atoms with Crippen molar-refractivity contribution >= 4 is 41.3 Å². The van der Waals surface area contributed by atoms with Gasteiger partial charge in [0, 0.05) is 38.0 Å². The lowest BCUT2D eigenvalue weighted by Crippen LogP contribution is -2.46. The second kappa shape index (κ2) is 9.68. The smallest absolute Gasteiger partial charge is 0.193 e. The second-order valence-corrected chi connectivity index (χ2v) is 7.82. The molecule has 2 aromatic rings. The molecule has 144 valence electrons. The molecule has 1 aliphatic carbocycles. The maximum Gasteiger partial charge on any atom is 0.193 e. The third kappa shape index (κ3) is 4.76. The van der Waals surface area contributed by atoms with Gasteiger partial charge in [-0.05, 0) is 24.3 Å². The molecule has 6 nitrogen and oxygen atoms in total. The molecule has 1 saturated carbocycles. The number of thiophene rings is 1. The molecule has 0 radical (unpaired) electrons. The van der Waals surface area contributed by atoms with Crippen LogP contribution in [0.3, 0.4) is 0 Å². The number of rotatable bonds is 5. The van der Waals surface area contributed by atoms with Crippen LogP contribution in [0.2, 0.25) is 0 Å². The average Bonchev–Trinajstić information content (AvgIpc) is 3.29. The van der Waals surface area contributed by atoms with Crippen molar-refractivity contribution in [3.8, 4) is 0 Å². The van der Waals surface area contributed by atoms with E-state index in [0.717, 1.165) is 18.3 Å². The van der Waals surface area contributed by atoms with Crippen LogP contribution >= 0.6 is 35.3 Å². The predicted octanol–water partition coefficient (Wildman–Crippen LogP) is 3.40. The van der Waals surface area contributed by atoms with E-state index in [4.69, 9.17) is 0 Å². The minimum atomic E-state index is 0. The van der Waals surface area contributed by atoms with Gasteiger partial charge in [-0.15, -0.1) is 35.3 Å². The van der Waals surface area contributed by atoms with Crippen molar-refractivity contribution in [3.63, 3.8) is 0 Å². The van der Waals surface area contributed by atoms with E-state index in [-0.39, 0.29) is 29.4 Å². The molecule has 0 bridgehead atoms. The minimum Gasteiger partial charge on any atom is -0.355 e. The van der Waals surface area contributed by atoms with Crippen molar-refractivity contribution < 1.29 is 0 Å². The first-order chi connectivity index (χ1) is 12.1. The Morgan fingerprint density at radius 1 is 1.38 bits per heavy atom. The van der Waals surface area contributed by atoms with Gasteiger partial charge in [-0.25, -0.2) is 4.98 Å². The van der Waals surface area contributed by atoms with Gasteiger partial charge in [0.2, 0.25) is 0 Å². The fourth-order valence-electron chi connectivity index (χ4n) is 3.70. The molecular formula is C18H29IN6S. The lowest BCUT2D eigenvalue weighted by molar-refractivity contribution is 0.292. The highest BCUT2D eigenvalue weighted by Gasteiger charge is 2.35. The lowest BCUT2D eigenvalue weighted by Gasteiger charge is -2.38. The number of aliphatic imine (C=N–C) groups is 1. The summed E-state index contributed by atoms with van der Waals surface area (Å²) >= 11 is 1.89. The molecule has 0 aliphatic heterocycles. The first-order valence-electron chi connectivity index (χ1n) is 8.93. The Kier molecular flexibility index (Phi) is 7.87. The molecule has 2 aromatic heterocycles. The maximum absolute atomic E-state index is 4.47. The van der Waals surface area contributed by atoms with Gasteiger partial charge in [0.25, 0.3) is 0 Å². The molecule has 0 unspecified atom stereocenters. The zero-order chi connectivity index (χ0) is 17.7. The Morgan fingerprint density at radius 3 is 2.73 bits per heavy atom. The Labute approximate surface area is 177 Å². The molecular weight excluding hydrogens is 459 g/mol. The largest absolute Gasteiger partial charge is 0.355 e. The Morgan fingerprint density at radius 2 is 2.15 bits per heavy atom. The van der Waals surface area contributed by atoms with Gasteiger partial charge < -0.3 is 10.2 Å². The van der Waals surface area contributed by atoms with Gasteiger partial charge in [0.1, 0.15) is 12.2 Å². The number of guanidine groups is 1. The van der Waals surface area contributed by atoms with Gasteiger partial charge >= 0.3 is 0 Å². The van der Waals surface area contributed by atoms with Crippen LogP contribution < -0.4 is 5.32 Å². The summed E-state index contributed by atoms with van der Waals surface area (Å²) < 4.78 is 1.80. The van der Waals surface area contributed by atoms with Crippen LogP contribution in [0.15, 0.2) is 28.8 Å². The maximum atomic E-state index is 4.47. The van der Waals surface area contributed by atoms with Crippen LogP contribution in [-0.4, -0.2) is 46.3 Å². The molecule has 1 N–H and O–H groups in total. The summed E-state index contributed by atoms with van der Waals surface area (Å²) in [6.07, 6.45) is 8.08. The number of nitrogens with zero attached hydrogens (tertiary/aromatic N) is 5. The van der Waals surface area contributed by atoms with E-state index in [1.54, 1.807) is 11.0 Å². The standard InChI is InChI=1S/C18H28N6S.HI/c1-19-17(23(2)12-16-21-14-22-24(16)3)20-13-18(9-5-4-6-10-18)15-8-7-11-25-15;/h7-8,11,14H,4-6,9-10,12-13H2,1-3H3,(H,19,20);1H. The molecule has 2 heterocycles. The molecule has 26 heavy (non-hydrogen) atoms. The molecule has 1 aliphatic rings. The van der Waals surface area contributed by atoms with Crippen LogP contribution in [0.4, 0.5) is 0 Å². The first kappa shape index (κ1) is 21.1. The molecule has 3 rings (SSSR count). The van der Waals surface area contributed by atoms with Crippen LogP contribution in [0.5, 0.6) is 0 Å². The summed E-state index contributed by atoms with van der Waals surface area (Å²) in [5.74, 6) is 1.83. The first-order valence-corrected chi connectivity index (χ1v) is 9.81. The number of hydrogen-bond donors (Lipinski definition) is 1. The summed E-state index contributed by atoms with van der Waals surface area (Å²) in [5, 5.41) is 9.96. The third-order valence-corrected chi connectivity index (χ3v) is 6.31. The topological polar surface area (TPSA) is 58.3 Å². The third-order valence-electron chi connectivity index (χ3n) is 5.20. The van der Waals surface area contributed by atoms with Crippen molar-refractivity contribution in [3.05, 3.63) is 34.5 Å². The van der Waals surface area contributed by atoms with E-state index in [9.17, 15) is 0 Å². The zero-order valence-corrected chi connectivity index (χ0v) is 19.0. The normalized spacial score (nSPS) is 16.8. The highest BCUT2D eigenvalue weighted by Crippen LogP contribution is 2.41. The van der Waals surface area contributed by atoms with E-state index < -0.39 is 0 Å². The summed E-state index contributed by atoms with van der Waals surface area (Å²) in [6.45, 7) is 1.62. The van der Waals surface area contributed by atoms with E-state index in [2.05, 4.69) is 42.8 Å². The van der Waals surface area contributed by atoms with Crippen molar-refractivity contribution in [2.75, 3.05) is 20.6 Å². The molecule has 0 saturated heterocycles. The lowest BCUT2D eigenvalue weighted by atomic mass is 9.73. The minimum absolute atomic E-state index is 0. The summed E-state index contributed by atoms with van der Waals surface area (Å²) in [7, 11) is 5.80. The van der Waals surface area contributed by atoms with E-state index in [1.807, 2.05) is 32.5 Å². The quantitative estimate of drug-likeness (QED) is 0.398. The van der Waals surface area contributed by atoms with Crippen LogP contribution in [0.25, 0.3) is 0 Å². The van der Waals surface area contributed by atoms with Crippen LogP contribution in [0, 0.1) is 0 Å². The Balaban J connectivity index is 0.00000243. The van der Waals surface area contributed by atoms with Crippen LogP contribution in [-0.2, 0) is 19.0 Å². The molecule has 1 fully saturated rings. The summed E-state index contributed by atoms with van der Waals surface area (Å²) in [4.78, 5) is 12.4. The van der Waals surface area contributed by atoms with Gasteiger partial charge in [0.15, 0.2) is 5.96 Å². The van der Waals surface area contributed by atoms with Crippen molar-refractivity contribution in [2.45, 2.75) is 44.1 Å². The molecule has 8 heteroatoms. The highest BCUT2D eigenvalue weighted by molar-refractivity contribution is 14.0. The summed E-state index contributed by atoms with van der Waals surface area (Å²) in [6, 6.07) is 4.47. The SMILES string of the molecule is CN=C(NCC1(c2cccs2)CCCCC1)N(C)Cc1ncnn1C.I. The van der Waals surface area contributed by atoms with E-state index >= 15 is 0 Å². The van der Waals surface area contributed by atoms with Gasteiger partial charge in [-0.3, -0.25) is 9.67 Å². The van der Waals surface area contributed by atoms with Crippen LogP contribution in [0.1, 0.15) is 42.8 Å². The molecule has 0 spiro atoms. The molecule has 0 aromatic carbocycles. The van der Waals surface area contributed by atoms with Crippen molar-refractivity contribution in [1.29, 1.82) is 0 Å². The van der Waals surface area contributed by atoms with Gasteiger partial charge in [0.05, 0.1) is 6.54 Å². The average molecular weight is 488 g/mol. The Hall–Kier alpha value is -1.16. The number of aryl methyl sites for hydroxylation is 1. The Bertz CT molecular complexity index is 690. The monoisotopic (exact) mass is 488 g/mol. The van der Waals surface area contributed by atoms with Gasteiger partial charge in [-0.1, -0.05) is 25.3 Å². The van der Waals surface area contributed by atoms with Gasteiger partial charge in [-0.2, -0.15) is 5.10 Å². The number of halogens is 1. The zero-order valence-electron chi connectivity index (χ0n) is 15.8. The highest BCUT2D eigenvalue weighted by atomic mass is 127.